The van der Waals surface area contributed by atoms with E-state index in [2.05, 4.69) is 10.6 Å². The van der Waals surface area contributed by atoms with Gasteiger partial charge in [-0.05, 0) is 65.8 Å². The Labute approximate surface area is 180 Å². The van der Waals surface area contributed by atoms with Gasteiger partial charge in [-0.2, -0.15) is 11.3 Å². The second-order valence-corrected chi connectivity index (χ2v) is 8.80. The third-order valence-electron chi connectivity index (χ3n) is 6.23. The zero-order valence-electron chi connectivity index (χ0n) is 17.3. The van der Waals surface area contributed by atoms with E-state index in [0.29, 0.717) is 30.6 Å². The van der Waals surface area contributed by atoms with Crippen LogP contribution in [-0.2, 0) is 9.59 Å². The number of carbonyl (C=O) groups excluding carboxylic acids is 3. The normalized spacial score (nSPS) is 21.0. The number of nitrogens with one attached hydrogen (secondary N) is 2. The number of piperidine rings is 1. The van der Waals surface area contributed by atoms with Gasteiger partial charge in [0.05, 0.1) is 11.3 Å². The summed E-state index contributed by atoms with van der Waals surface area (Å²) >= 11 is 1.61. The standard InChI is InChI=1S/C23H27N3O3S/c1-3-14(4-2)21(27)24-17-7-9-26-20(12-17)22(28)25-19-6-5-15(11-18(19)23(26)29)16-8-10-30-13-16/h5-6,8,10-11,13-14,17,20H,3-4,7,9,12H2,1-2H3,(H,24,27)(H,25,28)/t17-,20+/m1/s1. The Morgan fingerprint density at radius 3 is 2.73 bits per heavy atom. The van der Waals surface area contributed by atoms with Crippen molar-refractivity contribution in [2.75, 3.05) is 11.9 Å². The molecular weight excluding hydrogens is 398 g/mol. The molecule has 2 aliphatic heterocycles. The second-order valence-electron chi connectivity index (χ2n) is 8.02. The van der Waals surface area contributed by atoms with Crippen molar-refractivity contribution in [1.29, 1.82) is 0 Å². The van der Waals surface area contributed by atoms with E-state index in [1.165, 1.54) is 0 Å². The van der Waals surface area contributed by atoms with Crippen LogP contribution in [0, 0.1) is 5.92 Å². The summed E-state index contributed by atoms with van der Waals surface area (Å²) in [5.41, 5.74) is 3.10. The molecule has 6 nitrogen and oxygen atoms in total. The van der Waals surface area contributed by atoms with E-state index in [1.54, 1.807) is 16.2 Å². The summed E-state index contributed by atoms with van der Waals surface area (Å²) in [6.45, 7) is 4.47. The fourth-order valence-electron chi connectivity index (χ4n) is 4.38. The van der Waals surface area contributed by atoms with Crippen LogP contribution in [0.5, 0.6) is 0 Å². The van der Waals surface area contributed by atoms with E-state index in [-0.39, 0.29) is 29.7 Å². The highest BCUT2D eigenvalue weighted by Crippen LogP contribution is 2.32. The number of hydrogen-bond donors (Lipinski definition) is 2. The molecule has 2 N–H and O–H groups in total. The SMILES string of the molecule is CCC(CC)C(=O)N[C@@H]1CCN2C(=O)c3cc(-c4ccsc4)ccc3NC(=O)[C@@H]2C1. The number of rotatable bonds is 5. The average Bonchev–Trinajstić information content (AvgIpc) is 3.26. The van der Waals surface area contributed by atoms with Crippen molar-refractivity contribution >= 4 is 34.7 Å². The Bertz CT molecular complexity index is 953. The zero-order valence-corrected chi connectivity index (χ0v) is 18.1. The van der Waals surface area contributed by atoms with Crippen LogP contribution in [0.4, 0.5) is 5.69 Å². The number of amides is 3. The summed E-state index contributed by atoms with van der Waals surface area (Å²) in [7, 11) is 0. The van der Waals surface area contributed by atoms with E-state index in [1.807, 2.05) is 48.9 Å². The van der Waals surface area contributed by atoms with Crippen molar-refractivity contribution < 1.29 is 14.4 Å². The molecule has 1 fully saturated rings. The van der Waals surface area contributed by atoms with Gasteiger partial charge in [0.25, 0.3) is 5.91 Å². The van der Waals surface area contributed by atoms with Crippen molar-refractivity contribution in [3.63, 3.8) is 0 Å². The van der Waals surface area contributed by atoms with Crippen LogP contribution in [0.3, 0.4) is 0 Å². The number of carbonyl (C=O) groups is 3. The minimum atomic E-state index is -0.574. The lowest BCUT2D eigenvalue weighted by Gasteiger charge is -2.37. The van der Waals surface area contributed by atoms with Gasteiger partial charge in [0.1, 0.15) is 6.04 Å². The molecule has 1 saturated heterocycles. The third-order valence-corrected chi connectivity index (χ3v) is 6.91. The maximum atomic E-state index is 13.3. The fourth-order valence-corrected chi connectivity index (χ4v) is 5.04. The molecule has 1 aromatic carbocycles. The quantitative estimate of drug-likeness (QED) is 0.763. The molecule has 3 amide bonds. The Kier molecular flexibility index (Phi) is 5.90. The van der Waals surface area contributed by atoms with Gasteiger partial charge in [0, 0.05) is 18.5 Å². The monoisotopic (exact) mass is 425 g/mol. The Morgan fingerprint density at radius 2 is 2.03 bits per heavy atom. The molecule has 2 aliphatic rings. The molecule has 1 aromatic heterocycles. The first kappa shape index (κ1) is 20.6. The zero-order chi connectivity index (χ0) is 21.3. The first-order valence-corrected chi connectivity index (χ1v) is 11.5. The van der Waals surface area contributed by atoms with Crippen LogP contribution >= 0.6 is 11.3 Å². The van der Waals surface area contributed by atoms with Gasteiger partial charge in [-0.3, -0.25) is 14.4 Å². The summed E-state index contributed by atoms with van der Waals surface area (Å²) in [6, 6.07) is 6.95. The van der Waals surface area contributed by atoms with Crippen LogP contribution in [-0.4, -0.2) is 41.2 Å². The lowest BCUT2D eigenvalue weighted by molar-refractivity contribution is -0.127. The second kappa shape index (κ2) is 8.60. The molecule has 3 heterocycles. The van der Waals surface area contributed by atoms with Crippen molar-refractivity contribution in [1.82, 2.24) is 10.2 Å². The Balaban J connectivity index is 1.55. The average molecular weight is 426 g/mol. The molecular formula is C23H27N3O3S. The first-order chi connectivity index (χ1) is 14.5. The number of hydrogen-bond acceptors (Lipinski definition) is 4. The van der Waals surface area contributed by atoms with Crippen molar-refractivity contribution in [2.24, 2.45) is 5.92 Å². The number of thiophene rings is 1. The molecule has 0 aliphatic carbocycles. The Morgan fingerprint density at radius 1 is 1.23 bits per heavy atom. The van der Waals surface area contributed by atoms with Gasteiger partial charge >= 0.3 is 0 Å². The predicted octanol–water partition coefficient (Wildman–Crippen LogP) is 3.89. The molecule has 7 heteroatoms. The van der Waals surface area contributed by atoms with E-state index < -0.39 is 6.04 Å². The summed E-state index contributed by atoms with van der Waals surface area (Å²) in [4.78, 5) is 40.4. The van der Waals surface area contributed by atoms with Crippen LogP contribution in [0.1, 0.15) is 49.9 Å². The molecule has 0 radical (unpaired) electrons. The van der Waals surface area contributed by atoms with E-state index in [9.17, 15) is 14.4 Å². The van der Waals surface area contributed by atoms with Crippen LogP contribution in [0.25, 0.3) is 11.1 Å². The molecule has 2 atom stereocenters. The molecule has 0 saturated carbocycles. The van der Waals surface area contributed by atoms with E-state index in [0.717, 1.165) is 24.0 Å². The van der Waals surface area contributed by atoms with Gasteiger partial charge < -0.3 is 15.5 Å². The lowest BCUT2D eigenvalue weighted by atomic mass is 9.94. The van der Waals surface area contributed by atoms with Gasteiger partial charge in [-0.25, -0.2) is 0 Å². The molecule has 158 valence electrons. The summed E-state index contributed by atoms with van der Waals surface area (Å²) < 4.78 is 0. The highest BCUT2D eigenvalue weighted by molar-refractivity contribution is 7.08. The molecule has 4 rings (SSSR count). The topological polar surface area (TPSA) is 78.5 Å². The molecule has 0 unspecified atom stereocenters. The molecule has 0 spiro atoms. The number of benzene rings is 1. The fraction of sp³-hybridized carbons (Fsp3) is 0.435. The van der Waals surface area contributed by atoms with Gasteiger partial charge in [0.15, 0.2) is 0 Å². The minimum Gasteiger partial charge on any atom is -0.353 e. The number of anilines is 1. The summed E-state index contributed by atoms with van der Waals surface area (Å²) in [6.07, 6.45) is 2.69. The van der Waals surface area contributed by atoms with Gasteiger partial charge in [0.2, 0.25) is 11.8 Å². The van der Waals surface area contributed by atoms with E-state index >= 15 is 0 Å². The van der Waals surface area contributed by atoms with Gasteiger partial charge in [-0.15, -0.1) is 0 Å². The smallest absolute Gasteiger partial charge is 0.256 e. The minimum absolute atomic E-state index is 0.00703. The first-order valence-electron chi connectivity index (χ1n) is 10.6. The maximum Gasteiger partial charge on any atom is 0.256 e. The van der Waals surface area contributed by atoms with Crippen LogP contribution in [0.15, 0.2) is 35.0 Å². The number of fused-ring (bicyclic) bond motifs is 2. The van der Waals surface area contributed by atoms with Crippen molar-refractivity contribution in [3.8, 4) is 11.1 Å². The largest absolute Gasteiger partial charge is 0.353 e. The van der Waals surface area contributed by atoms with Crippen LogP contribution < -0.4 is 10.6 Å². The van der Waals surface area contributed by atoms with E-state index in [4.69, 9.17) is 0 Å². The molecule has 30 heavy (non-hydrogen) atoms. The summed E-state index contributed by atoms with van der Waals surface area (Å²) in [5.74, 6) is -0.281. The highest BCUT2D eigenvalue weighted by Gasteiger charge is 2.40. The van der Waals surface area contributed by atoms with Crippen LogP contribution in [0.2, 0.25) is 0 Å². The van der Waals surface area contributed by atoms with Crippen molar-refractivity contribution in [3.05, 3.63) is 40.6 Å². The third kappa shape index (κ3) is 3.86. The number of nitrogens with zero attached hydrogens (tertiary/aromatic N) is 1. The van der Waals surface area contributed by atoms with Gasteiger partial charge in [-0.1, -0.05) is 19.9 Å². The Hall–Kier alpha value is -2.67. The predicted molar refractivity (Wildman–Crippen MR) is 118 cm³/mol. The molecule has 2 aromatic rings. The lowest BCUT2D eigenvalue weighted by Crippen LogP contribution is -2.55. The molecule has 0 bridgehead atoms. The highest BCUT2D eigenvalue weighted by atomic mass is 32.1. The maximum absolute atomic E-state index is 13.3. The summed E-state index contributed by atoms with van der Waals surface area (Å²) in [5, 5.41) is 10.1. The van der Waals surface area contributed by atoms with Crippen molar-refractivity contribution in [2.45, 2.75) is 51.6 Å².